The lowest BCUT2D eigenvalue weighted by Gasteiger charge is -2.28. The molecule has 2 heterocycles. The molecule has 0 aromatic carbocycles. The Hall–Kier alpha value is -1.03. The van der Waals surface area contributed by atoms with E-state index in [0.717, 1.165) is 39.0 Å². The third-order valence-corrected chi connectivity index (χ3v) is 3.19. The van der Waals surface area contributed by atoms with Crippen LogP contribution in [0.1, 0.15) is 19.8 Å². The summed E-state index contributed by atoms with van der Waals surface area (Å²) in [7, 11) is 0. The lowest BCUT2D eigenvalue weighted by Crippen LogP contribution is -2.37. The van der Waals surface area contributed by atoms with Gasteiger partial charge in [0, 0.05) is 37.8 Å². The number of hydrogen-bond donors (Lipinski definition) is 2. The fourth-order valence-corrected chi connectivity index (χ4v) is 2.26. The fourth-order valence-electron chi connectivity index (χ4n) is 2.26. The standard InChI is InChI=1S/C11H19N3O/c1-9-7-14(8-15)5-3-11(9)13-10-2-4-12-6-10/h8,10,12-13H,2-7H2,1H3. The van der Waals surface area contributed by atoms with Gasteiger partial charge in [-0.05, 0) is 25.5 Å². The van der Waals surface area contributed by atoms with E-state index in [-0.39, 0.29) is 0 Å². The van der Waals surface area contributed by atoms with Crippen LogP contribution in [0, 0.1) is 0 Å². The van der Waals surface area contributed by atoms with Crippen LogP contribution >= 0.6 is 0 Å². The zero-order valence-electron chi connectivity index (χ0n) is 9.25. The molecule has 0 radical (unpaired) electrons. The molecule has 15 heavy (non-hydrogen) atoms. The first-order chi connectivity index (χ1) is 7.29. The Morgan fingerprint density at radius 3 is 3.07 bits per heavy atom. The summed E-state index contributed by atoms with van der Waals surface area (Å²) in [4.78, 5) is 12.5. The number of hydrogen-bond acceptors (Lipinski definition) is 3. The SMILES string of the molecule is CC1=C(NC2CCNC2)CCN(C=O)C1. The molecule has 2 N–H and O–H groups in total. The number of nitrogens with one attached hydrogen (secondary N) is 2. The van der Waals surface area contributed by atoms with E-state index in [1.165, 1.54) is 17.7 Å². The highest BCUT2D eigenvalue weighted by molar-refractivity contribution is 5.48. The summed E-state index contributed by atoms with van der Waals surface area (Å²) in [5, 5.41) is 6.93. The van der Waals surface area contributed by atoms with E-state index in [1.54, 1.807) is 0 Å². The van der Waals surface area contributed by atoms with Gasteiger partial charge in [-0.2, -0.15) is 0 Å². The van der Waals surface area contributed by atoms with Crippen LogP contribution in [0.4, 0.5) is 0 Å². The molecule has 4 nitrogen and oxygen atoms in total. The lowest BCUT2D eigenvalue weighted by molar-refractivity contribution is -0.118. The summed E-state index contributed by atoms with van der Waals surface area (Å²) < 4.78 is 0. The van der Waals surface area contributed by atoms with Crippen molar-refractivity contribution in [1.82, 2.24) is 15.5 Å². The van der Waals surface area contributed by atoms with Crippen molar-refractivity contribution < 1.29 is 4.79 Å². The molecule has 0 aromatic rings. The second kappa shape index (κ2) is 4.66. The van der Waals surface area contributed by atoms with Crippen LogP contribution in [0.2, 0.25) is 0 Å². The Balaban J connectivity index is 1.93. The Kier molecular flexibility index (Phi) is 3.26. The first kappa shape index (κ1) is 10.5. The quantitative estimate of drug-likeness (QED) is 0.647. The third-order valence-electron chi connectivity index (χ3n) is 3.19. The summed E-state index contributed by atoms with van der Waals surface area (Å²) >= 11 is 0. The minimum Gasteiger partial charge on any atom is -0.384 e. The predicted molar refractivity (Wildman–Crippen MR) is 59.4 cm³/mol. The fraction of sp³-hybridized carbons (Fsp3) is 0.727. The van der Waals surface area contributed by atoms with Crippen LogP contribution in [0.3, 0.4) is 0 Å². The normalized spacial score (nSPS) is 27.0. The Bertz CT molecular complexity index is 269. The molecule has 1 fully saturated rings. The topological polar surface area (TPSA) is 44.4 Å². The van der Waals surface area contributed by atoms with Crippen molar-refractivity contribution in [3.05, 3.63) is 11.3 Å². The second-order valence-corrected chi connectivity index (χ2v) is 4.42. The molecule has 1 atom stereocenters. The lowest BCUT2D eigenvalue weighted by atomic mass is 10.1. The van der Waals surface area contributed by atoms with Crippen LogP contribution in [-0.2, 0) is 4.79 Å². The van der Waals surface area contributed by atoms with Gasteiger partial charge in [0.15, 0.2) is 0 Å². The van der Waals surface area contributed by atoms with Crippen molar-refractivity contribution in [1.29, 1.82) is 0 Å². The Morgan fingerprint density at radius 1 is 1.60 bits per heavy atom. The van der Waals surface area contributed by atoms with Crippen LogP contribution in [-0.4, -0.2) is 43.5 Å². The molecule has 0 aromatic heterocycles. The van der Waals surface area contributed by atoms with Gasteiger partial charge in [-0.1, -0.05) is 0 Å². The number of nitrogens with zero attached hydrogens (tertiary/aromatic N) is 1. The van der Waals surface area contributed by atoms with E-state index in [9.17, 15) is 4.79 Å². The van der Waals surface area contributed by atoms with E-state index in [2.05, 4.69) is 17.6 Å². The number of rotatable bonds is 3. The van der Waals surface area contributed by atoms with Crippen molar-refractivity contribution >= 4 is 6.41 Å². The largest absolute Gasteiger partial charge is 0.384 e. The van der Waals surface area contributed by atoms with Gasteiger partial charge in [-0.15, -0.1) is 0 Å². The Morgan fingerprint density at radius 2 is 2.47 bits per heavy atom. The van der Waals surface area contributed by atoms with E-state index >= 15 is 0 Å². The second-order valence-electron chi connectivity index (χ2n) is 4.42. The van der Waals surface area contributed by atoms with Gasteiger partial charge in [-0.25, -0.2) is 0 Å². The van der Waals surface area contributed by atoms with Gasteiger partial charge in [0.05, 0.1) is 0 Å². The molecule has 0 spiro atoms. The summed E-state index contributed by atoms with van der Waals surface area (Å²) in [6, 6.07) is 0.581. The average molecular weight is 209 g/mol. The van der Waals surface area contributed by atoms with Crippen molar-refractivity contribution in [2.75, 3.05) is 26.2 Å². The Labute approximate surface area is 90.7 Å². The van der Waals surface area contributed by atoms with Crippen LogP contribution < -0.4 is 10.6 Å². The molecule has 84 valence electrons. The molecule has 0 bridgehead atoms. The summed E-state index contributed by atoms with van der Waals surface area (Å²) in [5.74, 6) is 0. The number of carbonyl (C=O) groups is 1. The van der Waals surface area contributed by atoms with Gasteiger partial charge < -0.3 is 15.5 Å². The smallest absolute Gasteiger partial charge is 0.210 e. The van der Waals surface area contributed by atoms with Gasteiger partial charge in [0.2, 0.25) is 6.41 Å². The maximum atomic E-state index is 10.6. The maximum absolute atomic E-state index is 10.6. The van der Waals surface area contributed by atoms with E-state index in [1.807, 2.05) is 4.90 Å². The monoisotopic (exact) mass is 209 g/mol. The molecule has 0 saturated carbocycles. The van der Waals surface area contributed by atoms with Gasteiger partial charge in [0.25, 0.3) is 0 Å². The van der Waals surface area contributed by atoms with Gasteiger partial charge >= 0.3 is 0 Å². The molecule has 1 unspecified atom stereocenters. The highest BCUT2D eigenvalue weighted by Crippen LogP contribution is 2.15. The summed E-state index contributed by atoms with van der Waals surface area (Å²) in [5.41, 5.74) is 2.65. The first-order valence-corrected chi connectivity index (χ1v) is 5.65. The molecule has 0 aliphatic carbocycles. The third kappa shape index (κ3) is 2.50. The van der Waals surface area contributed by atoms with E-state index < -0.39 is 0 Å². The molecule has 2 aliphatic rings. The maximum Gasteiger partial charge on any atom is 0.210 e. The van der Waals surface area contributed by atoms with E-state index in [4.69, 9.17) is 0 Å². The minimum absolute atomic E-state index is 0.581. The van der Waals surface area contributed by atoms with E-state index in [0.29, 0.717) is 6.04 Å². The highest BCUT2D eigenvalue weighted by atomic mass is 16.1. The van der Waals surface area contributed by atoms with Gasteiger partial charge in [0.1, 0.15) is 0 Å². The van der Waals surface area contributed by atoms with Crippen LogP contribution in [0.5, 0.6) is 0 Å². The van der Waals surface area contributed by atoms with Crippen molar-refractivity contribution in [3.63, 3.8) is 0 Å². The summed E-state index contributed by atoms with van der Waals surface area (Å²) in [6.07, 6.45) is 3.12. The van der Waals surface area contributed by atoms with Crippen molar-refractivity contribution in [2.45, 2.75) is 25.8 Å². The predicted octanol–water partition coefficient (Wildman–Crippen LogP) is 0.0740. The van der Waals surface area contributed by atoms with Crippen molar-refractivity contribution in [2.24, 2.45) is 0 Å². The van der Waals surface area contributed by atoms with Crippen molar-refractivity contribution in [3.8, 4) is 0 Å². The average Bonchev–Trinajstić information content (AvgIpc) is 2.74. The number of carbonyl (C=O) groups excluding carboxylic acids is 1. The molecular weight excluding hydrogens is 190 g/mol. The molecular formula is C11H19N3O. The minimum atomic E-state index is 0.581. The molecule has 1 saturated heterocycles. The molecule has 1 amide bonds. The molecule has 2 aliphatic heterocycles. The van der Waals surface area contributed by atoms with Gasteiger partial charge in [-0.3, -0.25) is 4.79 Å². The number of amides is 1. The highest BCUT2D eigenvalue weighted by Gasteiger charge is 2.19. The zero-order valence-corrected chi connectivity index (χ0v) is 9.25. The molecule has 4 heteroatoms. The zero-order chi connectivity index (χ0) is 10.7. The van der Waals surface area contributed by atoms with Crippen LogP contribution in [0.15, 0.2) is 11.3 Å². The van der Waals surface area contributed by atoms with Crippen LogP contribution in [0.25, 0.3) is 0 Å². The summed E-state index contributed by atoms with van der Waals surface area (Å²) in [6.45, 7) is 5.92. The molecule has 2 rings (SSSR count). The first-order valence-electron chi connectivity index (χ1n) is 5.65.